The monoisotopic (exact) mass is 246 g/mol. The number of Topliss-reactive ketones (excluding diaryl/α,β-unsaturated/α-hetero) is 1. The first-order chi connectivity index (χ1) is 8.27. The predicted octanol–water partition coefficient (Wildman–Crippen LogP) is 3.71. The molecule has 3 heteroatoms. The van der Waals surface area contributed by atoms with Gasteiger partial charge in [-0.3, -0.25) is 4.79 Å². The first-order valence-corrected chi connectivity index (χ1v) is 6.38. The summed E-state index contributed by atoms with van der Waals surface area (Å²) in [5, 5.41) is 1.90. The number of thiophene rings is 1. The standard InChI is InChI=1S/C14H14O2S/c1-11(12-6-3-2-4-7-12)16-10-13(15)14-8-5-9-17-14/h2-9,11H,10H2,1H3. The maximum atomic E-state index is 11.7. The number of carbonyl (C=O) groups excluding carboxylic acids is 1. The molecule has 2 rings (SSSR count). The summed E-state index contributed by atoms with van der Waals surface area (Å²) in [6.07, 6.45) is -0.0555. The van der Waals surface area contributed by atoms with Crippen molar-refractivity contribution in [3.8, 4) is 0 Å². The van der Waals surface area contributed by atoms with Crippen LogP contribution >= 0.6 is 11.3 Å². The van der Waals surface area contributed by atoms with Crippen molar-refractivity contribution in [1.29, 1.82) is 0 Å². The van der Waals surface area contributed by atoms with Crippen molar-refractivity contribution in [2.24, 2.45) is 0 Å². The minimum absolute atomic E-state index is 0.0442. The Bertz CT molecular complexity index is 462. The van der Waals surface area contributed by atoms with Crippen molar-refractivity contribution < 1.29 is 9.53 Å². The van der Waals surface area contributed by atoms with E-state index in [1.807, 2.05) is 54.8 Å². The van der Waals surface area contributed by atoms with Gasteiger partial charge >= 0.3 is 0 Å². The molecule has 0 fully saturated rings. The van der Waals surface area contributed by atoms with E-state index < -0.39 is 0 Å². The van der Waals surface area contributed by atoms with Gasteiger partial charge in [0.1, 0.15) is 6.61 Å². The molecule has 0 aliphatic heterocycles. The number of hydrogen-bond donors (Lipinski definition) is 0. The zero-order valence-corrected chi connectivity index (χ0v) is 10.4. The van der Waals surface area contributed by atoms with Crippen LogP contribution in [0.3, 0.4) is 0 Å². The van der Waals surface area contributed by atoms with Gasteiger partial charge in [0.15, 0.2) is 5.78 Å². The molecule has 0 aliphatic carbocycles. The van der Waals surface area contributed by atoms with Crippen LogP contribution in [0.2, 0.25) is 0 Å². The Morgan fingerprint density at radius 2 is 2.00 bits per heavy atom. The molecule has 1 aromatic heterocycles. The average Bonchev–Trinajstić information content (AvgIpc) is 2.90. The van der Waals surface area contributed by atoms with Gasteiger partial charge in [-0.25, -0.2) is 0 Å². The number of ketones is 1. The topological polar surface area (TPSA) is 26.3 Å². The van der Waals surface area contributed by atoms with Crippen LogP contribution in [0.25, 0.3) is 0 Å². The first kappa shape index (κ1) is 12.0. The van der Waals surface area contributed by atoms with Crippen molar-refractivity contribution in [2.45, 2.75) is 13.0 Å². The third kappa shape index (κ3) is 3.25. The Balaban J connectivity index is 1.89. The van der Waals surface area contributed by atoms with Crippen molar-refractivity contribution in [1.82, 2.24) is 0 Å². The molecule has 0 aliphatic rings. The van der Waals surface area contributed by atoms with E-state index in [2.05, 4.69) is 0 Å². The van der Waals surface area contributed by atoms with Gasteiger partial charge in [0.05, 0.1) is 11.0 Å². The predicted molar refractivity (Wildman–Crippen MR) is 69.5 cm³/mol. The molecule has 2 nitrogen and oxygen atoms in total. The second kappa shape index (κ2) is 5.75. The molecule has 17 heavy (non-hydrogen) atoms. The van der Waals surface area contributed by atoms with E-state index in [0.29, 0.717) is 0 Å². The Morgan fingerprint density at radius 1 is 1.24 bits per heavy atom. The van der Waals surface area contributed by atoms with Gasteiger partial charge in [0, 0.05) is 0 Å². The maximum Gasteiger partial charge on any atom is 0.198 e. The van der Waals surface area contributed by atoms with E-state index in [4.69, 9.17) is 4.74 Å². The molecule has 0 bridgehead atoms. The van der Waals surface area contributed by atoms with Crippen LogP contribution in [0.5, 0.6) is 0 Å². The van der Waals surface area contributed by atoms with Gasteiger partial charge in [-0.2, -0.15) is 0 Å². The van der Waals surface area contributed by atoms with Gasteiger partial charge in [-0.05, 0) is 23.9 Å². The molecule has 0 saturated carbocycles. The molecule has 1 heterocycles. The fourth-order valence-electron chi connectivity index (χ4n) is 1.53. The lowest BCUT2D eigenvalue weighted by molar-refractivity contribution is 0.0524. The largest absolute Gasteiger partial charge is 0.366 e. The fraction of sp³-hybridized carbons (Fsp3) is 0.214. The summed E-state index contributed by atoms with van der Waals surface area (Å²) < 4.78 is 5.57. The minimum Gasteiger partial charge on any atom is -0.366 e. The Hall–Kier alpha value is -1.45. The van der Waals surface area contributed by atoms with Crippen LogP contribution in [0.15, 0.2) is 47.8 Å². The Morgan fingerprint density at radius 3 is 2.65 bits per heavy atom. The number of benzene rings is 1. The van der Waals surface area contributed by atoms with Crippen molar-refractivity contribution in [3.05, 3.63) is 58.3 Å². The summed E-state index contributed by atoms with van der Waals surface area (Å²) in [6.45, 7) is 2.09. The van der Waals surface area contributed by atoms with Gasteiger partial charge in [-0.1, -0.05) is 36.4 Å². The lowest BCUT2D eigenvalue weighted by Gasteiger charge is -2.12. The van der Waals surface area contributed by atoms with Crippen molar-refractivity contribution >= 4 is 17.1 Å². The smallest absolute Gasteiger partial charge is 0.198 e. The lowest BCUT2D eigenvalue weighted by Crippen LogP contribution is -2.10. The number of ether oxygens (including phenoxy) is 1. The fourth-order valence-corrected chi connectivity index (χ4v) is 2.18. The average molecular weight is 246 g/mol. The van der Waals surface area contributed by atoms with Gasteiger partial charge < -0.3 is 4.74 Å². The molecule has 1 unspecified atom stereocenters. The molecule has 0 spiro atoms. The molecular weight excluding hydrogens is 232 g/mol. The summed E-state index contributed by atoms with van der Waals surface area (Å²) in [5.41, 5.74) is 1.09. The Labute approximate surface area is 105 Å². The van der Waals surface area contributed by atoms with E-state index in [1.165, 1.54) is 11.3 Å². The van der Waals surface area contributed by atoms with Crippen LogP contribution in [0.4, 0.5) is 0 Å². The summed E-state index contributed by atoms with van der Waals surface area (Å²) in [7, 11) is 0. The van der Waals surface area contributed by atoms with Crippen LogP contribution in [0.1, 0.15) is 28.3 Å². The van der Waals surface area contributed by atoms with Crippen LogP contribution in [-0.4, -0.2) is 12.4 Å². The molecule has 0 amide bonds. The molecular formula is C14H14O2S. The number of carbonyl (C=O) groups is 1. The van der Waals surface area contributed by atoms with E-state index in [-0.39, 0.29) is 18.5 Å². The first-order valence-electron chi connectivity index (χ1n) is 5.50. The summed E-state index contributed by atoms with van der Waals surface area (Å²) >= 11 is 1.45. The maximum absolute atomic E-state index is 11.7. The molecule has 1 atom stereocenters. The number of hydrogen-bond acceptors (Lipinski definition) is 3. The van der Waals surface area contributed by atoms with E-state index in [0.717, 1.165) is 10.4 Å². The third-order valence-electron chi connectivity index (χ3n) is 2.53. The number of rotatable bonds is 5. The van der Waals surface area contributed by atoms with Crippen molar-refractivity contribution in [3.63, 3.8) is 0 Å². The van der Waals surface area contributed by atoms with Crippen LogP contribution in [0, 0.1) is 0 Å². The van der Waals surface area contributed by atoms with Crippen LogP contribution < -0.4 is 0 Å². The summed E-state index contributed by atoms with van der Waals surface area (Å²) in [4.78, 5) is 12.5. The van der Waals surface area contributed by atoms with Gasteiger partial charge in [-0.15, -0.1) is 11.3 Å². The summed E-state index contributed by atoms with van der Waals surface area (Å²) in [6, 6.07) is 13.6. The van der Waals surface area contributed by atoms with E-state index in [1.54, 1.807) is 0 Å². The second-order valence-corrected chi connectivity index (χ2v) is 4.71. The van der Waals surface area contributed by atoms with Crippen LogP contribution in [-0.2, 0) is 4.74 Å². The Kier molecular flexibility index (Phi) is 4.07. The van der Waals surface area contributed by atoms with Gasteiger partial charge in [0.2, 0.25) is 0 Å². The normalized spacial score (nSPS) is 12.3. The highest BCUT2D eigenvalue weighted by Crippen LogP contribution is 2.17. The molecule has 1 aromatic carbocycles. The zero-order valence-electron chi connectivity index (χ0n) is 9.63. The van der Waals surface area contributed by atoms with Crippen molar-refractivity contribution in [2.75, 3.05) is 6.61 Å². The summed E-state index contributed by atoms with van der Waals surface area (Å²) in [5.74, 6) is 0.0442. The molecule has 88 valence electrons. The highest BCUT2D eigenvalue weighted by molar-refractivity contribution is 7.12. The quantitative estimate of drug-likeness (QED) is 0.752. The van der Waals surface area contributed by atoms with E-state index >= 15 is 0 Å². The molecule has 2 aromatic rings. The highest BCUT2D eigenvalue weighted by atomic mass is 32.1. The molecule has 0 saturated heterocycles. The molecule has 0 N–H and O–H groups in total. The lowest BCUT2D eigenvalue weighted by atomic mass is 10.1. The zero-order chi connectivity index (χ0) is 12.1. The minimum atomic E-state index is -0.0555. The second-order valence-electron chi connectivity index (χ2n) is 3.76. The highest BCUT2D eigenvalue weighted by Gasteiger charge is 2.10. The van der Waals surface area contributed by atoms with E-state index in [9.17, 15) is 4.79 Å². The SMILES string of the molecule is CC(OCC(=O)c1cccs1)c1ccccc1. The molecule has 0 radical (unpaired) electrons. The third-order valence-corrected chi connectivity index (χ3v) is 3.44. The van der Waals surface area contributed by atoms with Gasteiger partial charge in [0.25, 0.3) is 0 Å².